The molecule has 1 aromatic rings. The van der Waals surface area contributed by atoms with E-state index in [1.54, 1.807) is 0 Å². The van der Waals surface area contributed by atoms with Gasteiger partial charge in [-0.2, -0.15) is 0 Å². The number of nitrogens with zero attached hydrogens (tertiary/aromatic N) is 1. The lowest BCUT2D eigenvalue weighted by Crippen LogP contribution is -2.48. The van der Waals surface area contributed by atoms with E-state index in [-0.39, 0.29) is 12.0 Å². The number of fused-ring (bicyclic) bond motifs is 1. The molecule has 0 spiro atoms. The van der Waals surface area contributed by atoms with Crippen LogP contribution in [0.3, 0.4) is 0 Å². The van der Waals surface area contributed by atoms with Crippen LogP contribution in [0.5, 0.6) is 5.75 Å². The predicted molar refractivity (Wildman–Crippen MR) is 76.8 cm³/mol. The van der Waals surface area contributed by atoms with Gasteiger partial charge in [-0.15, -0.1) is 0 Å². The summed E-state index contributed by atoms with van der Waals surface area (Å²) in [6, 6.07) is 8.30. The standard InChI is InChI=1S/C16H20N2O2/c19-16(18(12-7-8-12)10-11-5-6-11)15-9-17-13-3-1-2-4-14(13)20-15/h1-4,11-12,15,17H,5-10H2. The number of carbonyl (C=O) groups is 1. The number of carbonyl (C=O) groups excluding carboxylic acids is 1. The van der Waals surface area contributed by atoms with Gasteiger partial charge in [0, 0.05) is 12.6 Å². The molecule has 1 N–H and O–H groups in total. The molecule has 0 bridgehead atoms. The lowest BCUT2D eigenvalue weighted by Gasteiger charge is -2.31. The predicted octanol–water partition coefficient (Wildman–Crippen LogP) is 2.26. The highest BCUT2D eigenvalue weighted by molar-refractivity contribution is 5.83. The van der Waals surface area contributed by atoms with Gasteiger partial charge in [0.15, 0.2) is 6.10 Å². The van der Waals surface area contributed by atoms with Crippen LogP contribution in [-0.2, 0) is 4.79 Å². The molecular formula is C16H20N2O2. The van der Waals surface area contributed by atoms with Crippen LogP contribution in [0.1, 0.15) is 25.7 Å². The molecule has 3 aliphatic rings. The number of anilines is 1. The van der Waals surface area contributed by atoms with Crippen molar-refractivity contribution in [2.75, 3.05) is 18.4 Å². The molecule has 1 unspecified atom stereocenters. The van der Waals surface area contributed by atoms with Crippen molar-refractivity contribution >= 4 is 11.6 Å². The SMILES string of the molecule is O=C(C1CNc2ccccc2O1)N(CC1CC1)C1CC1. The summed E-state index contributed by atoms with van der Waals surface area (Å²) in [4.78, 5) is 14.8. The first-order chi connectivity index (χ1) is 9.81. The second kappa shape index (κ2) is 4.69. The molecule has 2 fully saturated rings. The van der Waals surface area contributed by atoms with E-state index < -0.39 is 0 Å². The van der Waals surface area contributed by atoms with Crippen molar-refractivity contribution < 1.29 is 9.53 Å². The number of nitrogens with one attached hydrogen (secondary N) is 1. The van der Waals surface area contributed by atoms with Crippen molar-refractivity contribution in [3.8, 4) is 5.75 Å². The van der Waals surface area contributed by atoms with E-state index in [9.17, 15) is 4.79 Å². The van der Waals surface area contributed by atoms with Gasteiger partial charge in [0.05, 0.1) is 12.2 Å². The Morgan fingerprint density at radius 2 is 2.05 bits per heavy atom. The Hall–Kier alpha value is -1.71. The molecule has 2 aliphatic carbocycles. The van der Waals surface area contributed by atoms with Crippen molar-refractivity contribution in [2.45, 2.75) is 37.8 Å². The number of benzene rings is 1. The van der Waals surface area contributed by atoms with E-state index in [1.807, 2.05) is 24.3 Å². The van der Waals surface area contributed by atoms with Gasteiger partial charge >= 0.3 is 0 Å². The number of ether oxygens (including phenoxy) is 1. The second-order valence-corrected chi connectivity index (χ2v) is 6.15. The van der Waals surface area contributed by atoms with Gasteiger partial charge in [0.1, 0.15) is 5.75 Å². The Morgan fingerprint density at radius 3 is 2.80 bits per heavy atom. The zero-order valence-corrected chi connectivity index (χ0v) is 11.5. The maximum Gasteiger partial charge on any atom is 0.265 e. The Kier molecular flexibility index (Phi) is 2.83. The number of amides is 1. The van der Waals surface area contributed by atoms with Crippen LogP contribution < -0.4 is 10.1 Å². The van der Waals surface area contributed by atoms with Crippen molar-refractivity contribution in [1.82, 2.24) is 4.90 Å². The van der Waals surface area contributed by atoms with E-state index in [4.69, 9.17) is 4.74 Å². The summed E-state index contributed by atoms with van der Waals surface area (Å²) in [5, 5.41) is 3.30. The van der Waals surface area contributed by atoms with Crippen LogP contribution in [-0.4, -0.2) is 36.0 Å². The van der Waals surface area contributed by atoms with Crippen molar-refractivity contribution in [2.24, 2.45) is 5.92 Å². The lowest BCUT2D eigenvalue weighted by atomic mass is 10.2. The van der Waals surface area contributed by atoms with Crippen LogP contribution in [0.15, 0.2) is 24.3 Å². The second-order valence-electron chi connectivity index (χ2n) is 6.15. The lowest BCUT2D eigenvalue weighted by molar-refractivity contribution is -0.139. The minimum absolute atomic E-state index is 0.168. The third-order valence-corrected chi connectivity index (χ3v) is 4.33. The van der Waals surface area contributed by atoms with E-state index >= 15 is 0 Å². The molecule has 1 amide bonds. The summed E-state index contributed by atoms with van der Waals surface area (Å²) in [5.74, 6) is 1.70. The van der Waals surface area contributed by atoms with Crippen molar-refractivity contribution in [3.05, 3.63) is 24.3 Å². The highest BCUT2D eigenvalue weighted by Crippen LogP contribution is 2.36. The van der Waals surface area contributed by atoms with E-state index in [1.165, 1.54) is 12.8 Å². The van der Waals surface area contributed by atoms with E-state index in [0.29, 0.717) is 12.6 Å². The number of rotatable bonds is 4. The van der Waals surface area contributed by atoms with Gasteiger partial charge in [-0.1, -0.05) is 12.1 Å². The average molecular weight is 272 g/mol. The molecule has 0 saturated heterocycles. The Balaban J connectivity index is 1.48. The fourth-order valence-corrected chi connectivity index (χ4v) is 2.82. The van der Waals surface area contributed by atoms with E-state index in [2.05, 4.69) is 10.2 Å². The summed E-state index contributed by atoms with van der Waals surface area (Å²) in [6.07, 6.45) is 4.51. The van der Waals surface area contributed by atoms with E-state index in [0.717, 1.165) is 36.7 Å². The molecule has 0 radical (unpaired) electrons. The summed E-state index contributed by atoms with van der Waals surface area (Å²) < 4.78 is 5.90. The van der Waals surface area contributed by atoms with Crippen LogP contribution in [0.4, 0.5) is 5.69 Å². The van der Waals surface area contributed by atoms with Gasteiger partial charge in [-0.3, -0.25) is 4.79 Å². The summed E-state index contributed by atoms with van der Waals surface area (Å²) in [7, 11) is 0. The minimum atomic E-state index is -0.371. The van der Waals surface area contributed by atoms with Crippen LogP contribution in [0.25, 0.3) is 0 Å². The molecule has 20 heavy (non-hydrogen) atoms. The molecule has 4 heteroatoms. The zero-order chi connectivity index (χ0) is 13.5. The first-order valence-corrected chi connectivity index (χ1v) is 7.61. The molecule has 106 valence electrons. The fraction of sp³-hybridized carbons (Fsp3) is 0.562. The third kappa shape index (κ3) is 2.35. The fourth-order valence-electron chi connectivity index (χ4n) is 2.82. The number of hydrogen-bond donors (Lipinski definition) is 1. The van der Waals surface area contributed by atoms with Crippen LogP contribution >= 0.6 is 0 Å². The third-order valence-electron chi connectivity index (χ3n) is 4.33. The molecule has 4 nitrogen and oxygen atoms in total. The first-order valence-electron chi connectivity index (χ1n) is 7.61. The molecule has 2 saturated carbocycles. The van der Waals surface area contributed by atoms with Gasteiger partial charge in [-0.05, 0) is 43.7 Å². The van der Waals surface area contributed by atoms with Crippen LogP contribution in [0, 0.1) is 5.92 Å². The van der Waals surface area contributed by atoms with Crippen LogP contribution in [0.2, 0.25) is 0 Å². The smallest absolute Gasteiger partial charge is 0.265 e. The summed E-state index contributed by atoms with van der Waals surface area (Å²) in [5.41, 5.74) is 0.983. The normalized spacial score (nSPS) is 24.3. The quantitative estimate of drug-likeness (QED) is 0.914. The highest BCUT2D eigenvalue weighted by Gasteiger charge is 2.40. The highest BCUT2D eigenvalue weighted by atomic mass is 16.5. The zero-order valence-electron chi connectivity index (χ0n) is 11.5. The van der Waals surface area contributed by atoms with Crippen molar-refractivity contribution in [3.63, 3.8) is 0 Å². The molecule has 4 rings (SSSR count). The minimum Gasteiger partial charge on any atom is -0.477 e. The molecule has 1 heterocycles. The number of hydrogen-bond acceptors (Lipinski definition) is 3. The molecule has 1 aliphatic heterocycles. The Labute approximate surface area is 119 Å². The molecule has 0 aromatic heterocycles. The van der Waals surface area contributed by atoms with Gasteiger partial charge in [-0.25, -0.2) is 0 Å². The van der Waals surface area contributed by atoms with Gasteiger partial charge in [0.2, 0.25) is 0 Å². The maximum absolute atomic E-state index is 12.7. The topological polar surface area (TPSA) is 41.6 Å². The average Bonchev–Trinajstić information content (AvgIpc) is 3.37. The molecule has 1 aromatic carbocycles. The summed E-state index contributed by atoms with van der Waals surface area (Å²) in [6.45, 7) is 1.51. The van der Waals surface area contributed by atoms with Crippen molar-refractivity contribution in [1.29, 1.82) is 0 Å². The largest absolute Gasteiger partial charge is 0.477 e. The maximum atomic E-state index is 12.7. The monoisotopic (exact) mass is 272 g/mol. The Bertz CT molecular complexity index is 523. The van der Waals surface area contributed by atoms with Gasteiger partial charge < -0.3 is 15.0 Å². The summed E-state index contributed by atoms with van der Waals surface area (Å²) >= 11 is 0. The molecule has 1 atom stereocenters. The van der Waals surface area contributed by atoms with Gasteiger partial charge in [0.25, 0.3) is 5.91 Å². The first kappa shape index (κ1) is 12.1. The Morgan fingerprint density at radius 1 is 1.25 bits per heavy atom. The molecular weight excluding hydrogens is 252 g/mol. The number of para-hydroxylation sites is 2.